The van der Waals surface area contributed by atoms with Gasteiger partial charge in [0.05, 0.1) is 12.1 Å². The molecule has 3 fully saturated rings. The molecule has 1 aromatic rings. The van der Waals surface area contributed by atoms with Crippen LogP contribution in [0.25, 0.3) is 0 Å². The first kappa shape index (κ1) is 12.2. The molecule has 0 unspecified atom stereocenters. The van der Waals surface area contributed by atoms with Crippen molar-refractivity contribution in [1.82, 2.24) is 15.1 Å². The molecule has 2 atom stereocenters. The third kappa shape index (κ3) is 1.82. The average Bonchev–Trinajstić information content (AvgIpc) is 2.96. The summed E-state index contributed by atoms with van der Waals surface area (Å²) in [5, 5.41) is 14.7. The molecule has 1 saturated carbocycles. The Balaban J connectivity index is 1.51. The van der Waals surface area contributed by atoms with E-state index in [4.69, 9.17) is 4.52 Å². The predicted octanol–water partition coefficient (Wildman–Crippen LogP) is 2.35. The highest BCUT2D eigenvalue weighted by molar-refractivity contribution is 5.76. The number of hydrogen-bond donors (Lipinski definition) is 1. The van der Waals surface area contributed by atoms with Gasteiger partial charge in [0.25, 0.3) is 0 Å². The normalized spacial score (nSPS) is 29.9. The molecule has 108 valence electrons. The molecule has 3 aliphatic rings. The number of fused-ring (bicyclic) bond motifs is 2. The minimum Gasteiger partial charge on any atom is -0.361 e. The maximum absolute atomic E-state index is 12.0. The number of aromatic nitrogens is 1. The van der Waals surface area contributed by atoms with Crippen LogP contribution in [0.2, 0.25) is 0 Å². The van der Waals surface area contributed by atoms with Gasteiger partial charge in [0, 0.05) is 19.0 Å². The topological polar surface area (TPSA) is 69.8 Å². The molecular weight excluding hydrogens is 258 g/mol. The lowest BCUT2D eigenvalue weighted by Crippen LogP contribution is -2.34. The van der Waals surface area contributed by atoms with Crippen molar-refractivity contribution in [3.63, 3.8) is 0 Å². The molecule has 2 bridgehead atoms. The minimum absolute atomic E-state index is 0.0465. The predicted molar refractivity (Wildman–Crippen MR) is 69.0 cm³/mol. The van der Waals surface area contributed by atoms with Crippen LogP contribution >= 0.6 is 0 Å². The van der Waals surface area contributed by atoms with Crippen molar-refractivity contribution in [3.05, 3.63) is 17.5 Å². The van der Waals surface area contributed by atoms with Crippen LogP contribution in [-0.4, -0.2) is 38.9 Å². The molecule has 0 spiro atoms. The quantitative estimate of drug-likeness (QED) is 0.861. The first-order chi connectivity index (χ1) is 9.72. The Morgan fingerprint density at radius 3 is 2.95 bits per heavy atom. The lowest BCUT2D eigenvalue weighted by atomic mass is 9.82. The number of carbonyl (C=O) groups is 1. The SMILES string of the molecule is O=C1N(O)[C@@H]2CC[C@@H](c3cc(CC4CCC4)on3)N1C2. The molecule has 2 amide bonds. The molecule has 0 radical (unpaired) electrons. The fraction of sp³-hybridized carbons (Fsp3) is 0.714. The molecule has 20 heavy (non-hydrogen) atoms. The van der Waals surface area contributed by atoms with Crippen molar-refractivity contribution in [2.75, 3.05) is 6.54 Å². The maximum Gasteiger partial charge on any atom is 0.344 e. The van der Waals surface area contributed by atoms with Crippen molar-refractivity contribution >= 4 is 6.03 Å². The van der Waals surface area contributed by atoms with Gasteiger partial charge in [-0.2, -0.15) is 0 Å². The molecular formula is C14H19N3O3. The highest BCUT2D eigenvalue weighted by Crippen LogP contribution is 2.38. The average molecular weight is 277 g/mol. The van der Waals surface area contributed by atoms with Crippen LogP contribution in [0.15, 0.2) is 10.6 Å². The number of hydroxylamine groups is 2. The van der Waals surface area contributed by atoms with E-state index in [1.54, 1.807) is 4.90 Å². The van der Waals surface area contributed by atoms with Gasteiger partial charge < -0.3 is 9.42 Å². The van der Waals surface area contributed by atoms with Crippen molar-refractivity contribution < 1.29 is 14.5 Å². The van der Waals surface area contributed by atoms with E-state index in [9.17, 15) is 10.0 Å². The third-order valence-electron chi connectivity index (χ3n) is 4.98. The second kappa shape index (κ2) is 4.48. The summed E-state index contributed by atoms with van der Waals surface area (Å²) in [6, 6.07) is 1.59. The number of amides is 2. The van der Waals surface area contributed by atoms with E-state index in [1.165, 1.54) is 19.3 Å². The number of carbonyl (C=O) groups excluding carboxylic acids is 1. The fourth-order valence-electron chi connectivity index (χ4n) is 3.52. The van der Waals surface area contributed by atoms with Crippen LogP contribution in [0.3, 0.4) is 0 Å². The summed E-state index contributed by atoms with van der Waals surface area (Å²) in [5.41, 5.74) is 0.835. The second-order valence-corrected chi connectivity index (χ2v) is 6.25. The molecule has 1 aromatic heterocycles. The van der Waals surface area contributed by atoms with E-state index < -0.39 is 0 Å². The largest absolute Gasteiger partial charge is 0.361 e. The number of piperidine rings is 1. The number of nitrogens with zero attached hydrogens (tertiary/aromatic N) is 3. The van der Waals surface area contributed by atoms with Crippen LogP contribution < -0.4 is 0 Å². The molecule has 1 N–H and O–H groups in total. The van der Waals surface area contributed by atoms with Gasteiger partial charge in [0.1, 0.15) is 11.5 Å². The van der Waals surface area contributed by atoms with E-state index in [0.29, 0.717) is 6.54 Å². The van der Waals surface area contributed by atoms with Gasteiger partial charge in [-0.05, 0) is 18.8 Å². The minimum atomic E-state index is -0.305. The Labute approximate surface area is 117 Å². The molecule has 1 aliphatic carbocycles. The second-order valence-electron chi connectivity index (χ2n) is 6.25. The van der Waals surface area contributed by atoms with E-state index in [0.717, 1.165) is 41.7 Å². The van der Waals surface area contributed by atoms with Crippen LogP contribution in [-0.2, 0) is 6.42 Å². The van der Waals surface area contributed by atoms with Gasteiger partial charge in [-0.25, -0.2) is 9.86 Å². The van der Waals surface area contributed by atoms with Crippen LogP contribution in [0.4, 0.5) is 4.79 Å². The Morgan fingerprint density at radius 2 is 2.20 bits per heavy atom. The Bertz CT molecular complexity index is 525. The molecule has 4 rings (SSSR count). The summed E-state index contributed by atoms with van der Waals surface area (Å²) in [4.78, 5) is 13.7. The smallest absolute Gasteiger partial charge is 0.344 e. The van der Waals surface area contributed by atoms with Gasteiger partial charge >= 0.3 is 6.03 Å². The van der Waals surface area contributed by atoms with Crippen LogP contribution in [0.1, 0.15) is 49.6 Å². The zero-order valence-electron chi connectivity index (χ0n) is 11.4. The zero-order chi connectivity index (χ0) is 13.7. The van der Waals surface area contributed by atoms with Gasteiger partial charge in [-0.1, -0.05) is 24.4 Å². The molecule has 6 nitrogen and oxygen atoms in total. The molecule has 2 saturated heterocycles. The maximum atomic E-state index is 12.0. The van der Waals surface area contributed by atoms with Crippen molar-refractivity contribution in [3.8, 4) is 0 Å². The number of urea groups is 1. The van der Waals surface area contributed by atoms with Crippen molar-refractivity contribution in [1.29, 1.82) is 0 Å². The monoisotopic (exact) mass is 277 g/mol. The molecule has 2 aliphatic heterocycles. The number of rotatable bonds is 3. The summed E-state index contributed by atoms with van der Waals surface area (Å²) in [6.45, 7) is 0.588. The number of hydrogen-bond acceptors (Lipinski definition) is 4. The van der Waals surface area contributed by atoms with Gasteiger partial charge in [-0.15, -0.1) is 0 Å². The fourth-order valence-corrected chi connectivity index (χ4v) is 3.52. The molecule has 0 aromatic carbocycles. The highest BCUT2D eigenvalue weighted by atomic mass is 16.5. The van der Waals surface area contributed by atoms with Crippen LogP contribution in [0.5, 0.6) is 0 Å². The van der Waals surface area contributed by atoms with E-state index in [2.05, 4.69) is 5.16 Å². The van der Waals surface area contributed by atoms with Gasteiger partial charge in [-0.3, -0.25) is 5.21 Å². The highest BCUT2D eigenvalue weighted by Gasteiger charge is 2.45. The zero-order valence-corrected chi connectivity index (χ0v) is 11.4. The lowest BCUT2D eigenvalue weighted by Gasteiger charge is -2.28. The van der Waals surface area contributed by atoms with E-state index in [1.807, 2.05) is 6.07 Å². The van der Waals surface area contributed by atoms with Gasteiger partial charge in [0.15, 0.2) is 0 Å². The Morgan fingerprint density at radius 1 is 1.35 bits per heavy atom. The van der Waals surface area contributed by atoms with Gasteiger partial charge in [0.2, 0.25) is 0 Å². The lowest BCUT2D eigenvalue weighted by molar-refractivity contribution is -0.0584. The summed E-state index contributed by atoms with van der Waals surface area (Å²) >= 11 is 0. The van der Waals surface area contributed by atoms with Crippen molar-refractivity contribution in [2.45, 2.75) is 50.6 Å². The Hall–Kier alpha value is -1.56. The van der Waals surface area contributed by atoms with E-state index >= 15 is 0 Å². The summed E-state index contributed by atoms with van der Waals surface area (Å²) in [5.74, 6) is 1.67. The molecule has 6 heteroatoms. The molecule has 3 heterocycles. The summed E-state index contributed by atoms with van der Waals surface area (Å²) in [7, 11) is 0. The standard InChI is InChI=1S/C14H19N3O3/c18-14-16-8-10(17(14)19)4-5-13(16)12-7-11(20-15-12)6-9-2-1-3-9/h7,9-10,13,19H,1-6,8H2/t10-,13+/m1/s1. The first-order valence-corrected chi connectivity index (χ1v) is 7.46. The Kier molecular flexibility index (Phi) is 2.73. The summed E-state index contributed by atoms with van der Waals surface area (Å²) in [6.07, 6.45) is 6.50. The first-order valence-electron chi connectivity index (χ1n) is 7.46. The van der Waals surface area contributed by atoms with Crippen LogP contribution in [0, 0.1) is 5.92 Å². The van der Waals surface area contributed by atoms with Crippen molar-refractivity contribution in [2.24, 2.45) is 5.92 Å². The van der Waals surface area contributed by atoms with E-state index in [-0.39, 0.29) is 18.1 Å². The summed E-state index contributed by atoms with van der Waals surface area (Å²) < 4.78 is 5.43. The third-order valence-corrected chi connectivity index (χ3v) is 4.98.